The van der Waals surface area contributed by atoms with Crippen LogP contribution in [-0.4, -0.2) is 19.5 Å². The molecule has 0 unspecified atom stereocenters. The zero-order chi connectivity index (χ0) is 15.0. The molecule has 0 atom stereocenters. The van der Waals surface area contributed by atoms with E-state index in [9.17, 15) is 0 Å². The van der Waals surface area contributed by atoms with E-state index in [1.54, 1.807) is 0 Å². The van der Waals surface area contributed by atoms with E-state index in [1.165, 1.54) is 25.7 Å². The molecule has 1 fully saturated rings. The maximum atomic E-state index is 6.13. The molecule has 0 amide bonds. The van der Waals surface area contributed by atoms with Gasteiger partial charge in [0.25, 0.3) is 0 Å². The summed E-state index contributed by atoms with van der Waals surface area (Å²) in [6, 6.07) is 0.321. The van der Waals surface area contributed by atoms with Crippen LogP contribution in [0.1, 0.15) is 57.2 Å². The molecule has 0 spiro atoms. The lowest BCUT2D eigenvalue weighted by atomic mass is 10.0. The summed E-state index contributed by atoms with van der Waals surface area (Å²) in [5.74, 6) is 1.80. The van der Waals surface area contributed by atoms with Crippen molar-refractivity contribution >= 4 is 28.4 Å². The molecule has 0 aliphatic heterocycles. The fourth-order valence-electron chi connectivity index (χ4n) is 2.96. The zero-order valence-electron chi connectivity index (χ0n) is 12.4. The molecule has 6 heteroatoms. The highest BCUT2D eigenvalue weighted by molar-refractivity contribution is 14.1. The molecule has 2 N–H and O–H groups in total. The van der Waals surface area contributed by atoms with Crippen molar-refractivity contribution in [1.29, 1.82) is 0 Å². The Bertz CT molecular complexity index is 644. The Morgan fingerprint density at radius 1 is 1.29 bits per heavy atom. The number of rotatable bonds is 3. The summed E-state index contributed by atoms with van der Waals surface area (Å²) in [5, 5.41) is 0. The third kappa shape index (κ3) is 2.77. The van der Waals surface area contributed by atoms with E-state index in [2.05, 4.69) is 51.0 Å². The van der Waals surface area contributed by atoms with Gasteiger partial charge in [0.2, 0.25) is 0 Å². The van der Waals surface area contributed by atoms with Crippen molar-refractivity contribution in [3.63, 3.8) is 0 Å². The van der Waals surface area contributed by atoms with E-state index < -0.39 is 0 Å². The smallest absolute Gasteiger partial charge is 0.180 e. The fourth-order valence-corrected chi connectivity index (χ4v) is 3.64. The minimum atomic E-state index is 0.321. The number of halogens is 1. The SMILES string of the molecule is CC(C)n1cncc1-c1nc(N)c(I)c(C2CCCC2)n1. The summed E-state index contributed by atoms with van der Waals surface area (Å²) in [5.41, 5.74) is 8.19. The van der Waals surface area contributed by atoms with Gasteiger partial charge in [-0.25, -0.2) is 15.0 Å². The first kappa shape index (κ1) is 14.7. The van der Waals surface area contributed by atoms with Gasteiger partial charge in [0.15, 0.2) is 5.82 Å². The first-order chi connectivity index (χ1) is 10.1. The lowest BCUT2D eigenvalue weighted by Gasteiger charge is -2.15. The van der Waals surface area contributed by atoms with Gasteiger partial charge in [0.05, 0.1) is 21.8 Å². The Labute approximate surface area is 138 Å². The van der Waals surface area contributed by atoms with Crippen LogP contribution in [0.25, 0.3) is 11.5 Å². The number of hydrogen-bond acceptors (Lipinski definition) is 4. The molecule has 0 aromatic carbocycles. The first-order valence-electron chi connectivity index (χ1n) is 7.43. The highest BCUT2D eigenvalue weighted by Gasteiger charge is 2.24. The van der Waals surface area contributed by atoms with Crippen molar-refractivity contribution in [2.24, 2.45) is 0 Å². The summed E-state index contributed by atoms with van der Waals surface area (Å²) in [6.45, 7) is 4.25. The van der Waals surface area contributed by atoms with Gasteiger partial charge in [-0.05, 0) is 49.3 Å². The fraction of sp³-hybridized carbons (Fsp3) is 0.533. The van der Waals surface area contributed by atoms with Crippen molar-refractivity contribution in [1.82, 2.24) is 19.5 Å². The number of nitrogen functional groups attached to an aromatic ring is 1. The second kappa shape index (κ2) is 5.90. The molecule has 0 radical (unpaired) electrons. The summed E-state index contributed by atoms with van der Waals surface area (Å²) in [6.07, 6.45) is 8.62. The Balaban J connectivity index is 2.09. The predicted molar refractivity (Wildman–Crippen MR) is 92.0 cm³/mol. The van der Waals surface area contributed by atoms with Crippen LogP contribution in [0, 0.1) is 3.57 Å². The van der Waals surface area contributed by atoms with Crippen LogP contribution in [-0.2, 0) is 0 Å². The molecule has 0 bridgehead atoms. The van der Waals surface area contributed by atoms with Crippen molar-refractivity contribution in [2.45, 2.75) is 51.5 Å². The lowest BCUT2D eigenvalue weighted by Crippen LogP contribution is -2.10. The van der Waals surface area contributed by atoms with Crippen LogP contribution < -0.4 is 5.73 Å². The average Bonchev–Trinajstić information content (AvgIpc) is 3.11. The third-order valence-electron chi connectivity index (χ3n) is 4.10. The van der Waals surface area contributed by atoms with Crippen molar-refractivity contribution < 1.29 is 0 Å². The Morgan fingerprint density at radius 3 is 2.67 bits per heavy atom. The molecule has 2 heterocycles. The summed E-state index contributed by atoms with van der Waals surface area (Å²) in [4.78, 5) is 13.6. The molecule has 112 valence electrons. The Kier molecular flexibility index (Phi) is 4.14. The molecule has 0 saturated heterocycles. The number of hydrogen-bond donors (Lipinski definition) is 1. The number of nitrogens with two attached hydrogens (primary N) is 1. The van der Waals surface area contributed by atoms with Crippen LogP contribution in [0.3, 0.4) is 0 Å². The molecular formula is C15H20IN5. The van der Waals surface area contributed by atoms with Gasteiger partial charge in [-0.1, -0.05) is 12.8 Å². The minimum Gasteiger partial charge on any atom is -0.383 e. The van der Waals surface area contributed by atoms with Gasteiger partial charge in [0.1, 0.15) is 11.5 Å². The molecule has 3 rings (SSSR count). The standard InChI is InChI=1S/C15H20IN5/c1-9(2)21-8-18-7-11(21)15-19-13(10-5-3-4-6-10)12(16)14(17)20-15/h7-10H,3-6H2,1-2H3,(H2,17,19,20). The summed E-state index contributed by atoms with van der Waals surface area (Å²) in [7, 11) is 0. The molecule has 5 nitrogen and oxygen atoms in total. The van der Waals surface area contributed by atoms with E-state index in [4.69, 9.17) is 10.7 Å². The van der Waals surface area contributed by atoms with Gasteiger partial charge in [-0.2, -0.15) is 0 Å². The van der Waals surface area contributed by atoms with Gasteiger partial charge >= 0.3 is 0 Å². The second-order valence-electron chi connectivity index (χ2n) is 5.89. The van der Waals surface area contributed by atoms with Gasteiger partial charge in [-0.3, -0.25) is 0 Å². The summed E-state index contributed by atoms with van der Waals surface area (Å²) < 4.78 is 3.10. The van der Waals surface area contributed by atoms with Crippen LogP contribution in [0.5, 0.6) is 0 Å². The molecule has 1 aliphatic rings. The van der Waals surface area contributed by atoms with Gasteiger partial charge in [0, 0.05) is 12.0 Å². The minimum absolute atomic E-state index is 0.321. The first-order valence-corrected chi connectivity index (χ1v) is 8.51. The highest BCUT2D eigenvalue weighted by atomic mass is 127. The normalized spacial score (nSPS) is 16.0. The van der Waals surface area contributed by atoms with Crippen LogP contribution in [0.2, 0.25) is 0 Å². The Hall–Kier alpha value is -1.18. The molecular weight excluding hydrogens is 377 g/mol. The lowest BCUT2D eigenvalue weighted by molar-refractivity contribution is 0.602. The van der Waals surface area contributed by atoms with E-state index in [1.807, 2.05) is 12.5 Å². The maximum absolute atomic E-state index is 6.13. The van der Waals surface area contributed by atoms with Gasteiger partial charge in [-0.15, -0.1) is 0 Å². The predicted octanol–water partition coefficient (Wildman–Crippen LogP) is 3.77. The molecule has 21 heavy (non-hydrogen) atoms. The third-order valence-corrected chi connectivity index (χ3v) is 5.20. The van der Waals surface area contributed by atoms with E-state index >= 15 is 0 Å². The monoisotopic (exact) mass is 397 g/mol. The molecule has 1 saturated carbocycles. The molecule has 2 aromatic rings. The largest absolute Gasteiger partial charge is 0.383 e. The van der Waals surface area contributed by atoms with Crippen molar-refractivity contribution in [3.8, 4) is 11.5 Å². The molecule has 1 aliphatic carbocycles. The van der Waals surface area contributed by atoms with E-state index in [-0.39, 0.29) is 0 Å². The quantitative estimate of drug-likeness (QED) is 0.801. The van der Waals surface area contributed by atoms with E-state index in [0.29, 0.717) is 23.6 Å². The van der Waals surface area contributed by atoms with Crippen LogP contribution >= 0.6 is 22.6 Å². The number of aromatic nitrogens is 4. The topological polar surface area (TPSA) is 69.6 Å². The number of imidazole rings is 1. The highest BCUT2D eigenvalue weighted by Crippen LogP contribution is 2.37. The zero-order valence-corrected chi connectivity index (χ0v) is 14.5. The van der Waals surface area contributed by atoms with Crippen molar-refractivity contribution in [2.75, 3.05) is 5.73 Å². The second-order valence-corrected chi connectivity index (χ2v) is 6.97. The van der Waals surface area contributed by atoms with Crippen molar-refractivity contribution in [3.05, 3.63) is 21.8 Å². The Morgan fingerprint density at radius 2 is 2.00 bits per heavy atom. The van der Waals surface area contributed by atoms with E-state index in [0.717, 1.165) is 15.0 Å². The van der Waals surface area contributed by atoms with Crippen LogP contribution in [0.4, 0.5) is 5.82 Å². The summed E-state index contributed by atoms with van der Waals surface area (Å²) >= 11 is 2.28. The molecule has 2 aromatic heterocycles. The van der Waals surface area contributed by atoms with Crippen LogP contribution in [0.15, 0.2) is 12.5 Å². The maximum Gasteiger partial charge on any atom is 0.180 e. The number of anilines is 1. The number of nitrogens with zero attached hydrogens (tertiary/aromatic N) is 4. The average molecular weight is 397 g/mol. The van der Waals surface area contributed by atoms with Gasteiger partial charge < -0.3 is 10.3 Å².